The number of hydrogen-bond donors (Lipinski definition) is 0. The van der Waals surface area contributed by atoms with Crippen molar-refractivity contribution in [3.05, 3.63) is 78.0 Å². The third-order valence-electron chi connectivity index (χ3n) is 5.62. The van der Waals surface area contributed by atoms with Crippen LogP contribution in [0.5, 0.6) is 0 Å². The fraction of sp³-hybridized carbons (Fsp3) is 0.320. The Kier molecular flexibility index (Phi) is 5.61. The summed E-state index contributed by atoms with van der Waals surface area (Å²) in [6, 6.07) is 16.7. The van der Waals surface area contributed by atoms with E-state index in [2.05, 4.69) is 66.6 Å². The topological polar surface area (TPSA) is 23.6 Å². The van der Waals surface area contributed by atoms with Crippen LogP contribution in [0, 0.1) is 0 Å². The first-order valence-electron chi connectivity index (χ1n) is 10.4. The van der Waals surface area contributed by atoms with Crippen molar-refractivity contribution in [2.75, 3.05) is 22.9 Å². The van der Waals surface area contributed by atoms with Crippen LogP contribution in [0.3, 0.4) is 0 Å². The number of nitrogens with zero attached hydrogens (tertiary/aromatic N) is 2. The van der Waals surface area contributed by atoms with Crippen molar-refractivity contribution < 1.29 is 4.79 Å². The Morgan fingerprint density at radius 2 is 1.82 bits per heavy atom. The van der Waals surface area contributed by atoms with Gasteiger partial charge in [-0.05, 0) is 48.6 Å². The number of amides is 1. The number of benzene rings is 2. The molecule has 28 heavy (non-hydrogen) atoms. The van der Waals surface area contributed by atoms with Gasteiger partial charge in [-0.25, -0.2) is 0 Å². The van der Waals surface area contributed by atoms with E-state index in [0.29, 0.717) is 0 Å². The van der Waals surface area contributed by atoms with Crippen molar-refractivity contribution in [3.8, 4) is 0 Å². The Hall–Kier alpha value is -2.81. The molecule has 0 aromatic heterocycles. The average Bonchev–Trinajstić information content (AvgIpc) is 2.75. The van der Waals surface area contributed by atoms with Gasteiger partial charge in [-0.3, -0.25) is 4.79 Å². The molecule has 0 atom stereocenters. The van der Waals surface area contributed by atoms with Crippen molar-refractivity contribution >= 4 is 22.9 Å². The number of carbonyl (C=O) groups excluding carboxylic acids is 1. The predicted molar refractivity (Wildman–Crippen MR) is 118 cm³/mol. The minimum Gasteiger partial charge on any atom is -0.347 e. The fourth-order valence-corrected chi connectivity index (χ4v) is 4.14. The maximum Gasteiger partial charge on any atom is 0.251 e. The molecule has 0 saturated heterocycles. The molecule has 0 fully saturated rings. The molecule has 2 heterocycles. The van der Waals surface area contributed by atoms with Gasteiger partial charge in [0.25, 0.3) is 5.91 Å². The molecule has 0 radical (unpaired) electrons. The largest absolute Gasteiger partial charge is 0.347 e. The number of fused-ring (bicyclic) bond motifs is 2. The standard InChI is InChI=1S/C25H28N2O/c1-2-3-8-16-26-18-15-21(22-12-5-7-14-24(22)26)19-25(28)27-17-9-11-20-10-4-6-13-23(20)27/h4-7,10,12-15,18-19H,2-3,8-9,11,16-17H2,1H3/b21-19+. The molecule has 0 bridgehead atoms. The van der Waals surface area contributed by atoms with Gasteiger partial charge in [0.1, 0.15) is 0 Å². The highest BCUT2D eigenvalue weighted by atomic mass is 16.2. The van der Waals surface area contributed by atoms with Crippen molar-refractivity contribution in [1.29, 1.82) is 0 Å². The normalized spacial score (nSPS) is 16.8. The van der Waals surface area contributed by atoms with Gasteiger partial charge in [-0.2, -0.15) is 0 Å². The number of anilines is 2. The Labute approximate surface area is 168 Å². The van der Waals surface area contributed by atoms with Crippen LogP contribution in [-0.2, 0) is 11.2 Å². The van der Waals surface area contributed by atoms with Gasteiger partial charge in [0.15, 0.2) is 0 Å². The molecule has 3 nitrogen and oxygen atoms in total. The van der Waals surface area contributed by atoms with E-state index in [1.807, 2.05) is 11.0 Å². The van der Waals surface area contributed by atoms with Crippen molar-refractivity contribution in [1.82, 2.24) is 0 Å². The van der Waals surface area contributed by atoms with Crippen LogP contribution < -0.4 is 9.80 Å². The molecule has 2 aromatic carbocycles. The van der Waals surface area contributed by atoms with Gasteiger partial charge in [0, 0.05) is 42.3 Å². The molecule has 0 aliphatic carbocycles. The average molecular weight is 373 g/mol. The van der Waals surface area contributed by atoms with Gasteiger partial charge < -0.3 is 9.80 Å². The smallest absolute Gasteiger partial charge is 0.251 e. The summed E-state index contributed by atoms with van der Waals surface area (Å²) in [6.45, 7) is 4.03. The highest BCUT2D eigenvalue weighted by molar-refractivity contribution is 6.08. The second-order valence-corrected chi connectivity index (χ2v) is 7.56. The minimum absolute atomic E-state index is 0.0704. The number of carbonyl (C=O) groups is 1. The van der Waals surface area contributed by atoms with Gasteiger partial charge in [-0.15, -0.1) is 0 Å². The third kappa shape index (κ3) is 3.75. The number of aryl methyl sites for hydroxylation is 1. The van der Waals surface area contributed by atoms with Gasteiger partial charge >= 0.3 is 0 Å². The van der Waals surface area contributed by atoms with Gasteiger partial charge in [-0.1, -0.05) is 56.2 Å². The van der Waals surface area contributed by atoms with E-state index < -0.39 is 0 Å². The Balaban J connectivity index is 1.60. The van der Waals surface area contributed by atoms with E-state index in [0.717, 1.165) is 42.8 Å². The summed E-state index contributed by atoms with van der Waals surface area (Å²) in [7, 11) is 0. The third-order valence-corrected chi connectivity index (χ3v) is 5.62. The zero-order valence-corrected chi connectivity index (χ0v) is 16.6. The summed E-state index contributed by atoms with van der Waals surface area (Å²) in [5, 5.41) is 0. The summed E-state index contributed by atoms with van der Waals surface area (Å²) in [6.07, 6.45) is 11.7. The van der Waals surface area contributed by atoms with E-state index in [-0.39, 0.29) is 5.91 Å². The Bertz CT molecular complexity index is 912. The summed E-state index contributed by atoms with van der Waals surface area (Å²) in [4.78, 5) is 17.4. The number of rotatable bonds is 5. The van der Waals surface area contributed by atoms with Crippen LogP contribution in [0.2, 0.25) is 0 Å². The second kappa shape index (κ2) is 8.47. The van der Waals surface area contributed by atoms with E-state index in [9.17, 15) is 4.79 Å². The van der Waals surface area contributed by atoms with Crippen molar-refractivity contribution in [2.24, 2.45) is 0 Å². The molecule has 0 N–H and O–H groups in total. The predicted octanol–water partition coefficient (Wildman–Crippen LogP) is 5.57. The quantitative estimate of drug-likeness (QED) is 0.506. The van der Waals surface area contributed by atoms with Crippen LogP contribution in [0.4, 0.5) is 11.4 Å². The monoisotopic (exact) mass is 372 g/mol. The fourth-order valence-electron chi connectivity index (χ4n) is 4.14. The van der Waals surface area contributed by atoms with Crippen LogP contribution in [0.1, 0.15) is 43.7 Å². The summed E-state index contributed by atoms with van der Waals surface area (Å²) < 4.78 is 0. The van der Waals surface area contributed by atoms with Crippen molar-refractivity contribution in [3.63, 3.8) is 0 Å². The second-order valence-electron chi connectivity index (χ2n) is 7.56. The summed E-state index contributed by atoms with van der Waals surface area (Å²) >= 11 is 0. The molecule has 0 spiro atoms. The lowest BCUT2D eigenvalue weighted by Crippen LogP contribution is -2.34. The van der Waals surface area contributed by atoms with E-state index in [1.54, 1.807) is 6.08 Å². The molecule has 1 amide bonds. The van der Waals surface area contributed by atoms with Gasteiger partial charge in [0.2, 0.25) is 0 Å². The van der Waals surface area contributed by atoms with E-state index in [1.165, 1.54) is 30.5 Å². The molecule has 0 unspecified atom stereocenters. The highest BCUT2D eigenvalue weighted by Gasteiger charge is 2.22. The van der Waals surface area contributed by atoms with Crippen LogP contribution >= 0.6 is 0 Å². The first kappa shape index (κ1) is 18.5. The highest BCUT2D eigenvalue weighted by Crippen LogP contribution is 2.34. The molecular formula is C25H28N2O. The lowest BCUT2D eigenvalue weighted by atomic mass is 9.98. The molecule has 2 aromatic rings. The van der Waals surface area contributed by atoms with Crippen LogP contribution in [-0.4, -0.2) is 19.0 Å². The Morgan fingerprint density at radius 3 is 2.68 bits per heavy atom. The van der Waals surface area contributed by atoms with Gasteiger partial charge in [0.05, 0.1) is 0 Å². The number of allylic oxidation sites excluding steroid dienone is 2. The van der Waals surface area contributed by atoms with Crippen LogP contribution in [0.25, 0.3) is 5.57 Å². The zero-order valence-electron chi connectivity index (χ0n) is 16.6. The summed E-state index contributed by atoms with van der Waals surface area (Å²) in [5.41, 5.74) is 5.65. The molecule has 3 heteroatoms. The van der Waals surface area contributed by atoms with Crippen molar-refractivity contribution in [2.45, 2.75) is 39.0 Å². The minimum atomic E-state index is 0.0704. The Morgan fingerprint density at radius 1 is 1.04 bits per heavy atom. The lowest BCUT2D eigenvalue weighted by Gasteiger charge is -2.30. The van der Waals surface area contributed by atoms with E-state index in [4.69, 9.17) is 0 Å². The maximum absolute atomic E-state index is 13.1. The maximum atomic E-state index is 13.1. The number of hydrogen-bond acceptors (Lipinski definition) is 2. The molecule has 4 rings (SSSR count). The summed E-state index contributed by atoms with van der Waals surface area (Å²) in [5.74, 6) is 0.0704. The lowest BCUT2D eigenvalue weighted by molar-refractivity contribution is -0.114. The zero-order chi connectivity index (χ0) is 19.3. The molecule has 144 valence electrons. The number of unbranched alkanes of at least 4 members (excludes halogenated alkanes) is 2. The van der Waals surface area contributed by atoms with Crippen LogP contribution in [0.15, 0.2) is 66.9 Å². The van der Waals surface area contributed by atoms with E-state index >= 15 is 0 Å². The molecule has 0 saturated carbocycles. The SMILES string of the molecule is CCCCCN1C=C/C(=C\C(=O)N2CCCc3ccccc32)c2ccccc21. The first-order valence-corrected chi connectivity index (χ1v) is 10.4. The molecule has 2 aliphatic rings. The molecule has 2 aliphatic heterocycles. The molecular weight excluding hydrogens is 344 g/mol. The number of para-hydroxylation sites is 2. The first-order chi connectivity index (χ1) is 13.8.